The molecule has 156 valence electrons. The molecule has 1 unspecified atom stereocenters. The number of alkyl halides is 2. The van der Waals surface area contributed by atoms with E-state index in [9.17, 15) is 23.7 Å². The molecule has 2 N–H and O–H groups in total. The fraction of sp³-hybridized carbons (Fsp3) is 0.316. The van der Waals surface area contributed by atoms with Crippen LogP contribution in [0.5, 0.6) is 11.5 Å². The second-order valence-electron chi connectivity index (χ2n) is 6.40. The summed E-state index contributed by atoms with van der Waals surface area (Å²) < 4.78 is 33.8. The number of nitrogens with zero attached hydrogens (tertiary/aromatic N) is 1. The maximum atomic E-state index is 12.6. The Bertz CT molecular complexity index is 861. The molecule has 2 aromatic rings. The molecule has 0 aromatic heterocycles. The van der Waals surface area contributed by atoms with Gasteiger partial charge in [-0.25, -0.2) is 0 Å². The topological polar surface area (TPSA) is 95.1 Å². The summed E-state index contributed by atoms with van der Waals surface area (Å²) in [6, 6.07) is 9.67. The van der Waals surface area contributed by atoms with Gasteiger partial charge < -0.3 is 19.7 Å². The summed E-state index contributed by atoms with van der Waals surface area (Å²) in [6.07, 6.45) is 0. The normalized spacial score (nSPS) is 12.9. The molecule has 2 atom stereocenters. The van der Waals surface area contributed by atoms with Gasteiger partial charge in [0.1, 0.15) is 18.0 Å². The van der Waals surface area contributed by atoms with Crippen LogP contribution in [-0.4, -0.2) is 37.6 Å². The number of likely N-dealkylation sites (N-methyl/N-ethyl adjacent to an activating group) is 1. The van der Waals surface area contributed by atoms with E-state index in [2.05, 4.69) is 10.1 Å². The molecule has 2 aromatic carbocycles. The fourth-order valence-corrected chi connectivity index (χ4v) is 2.63. The van der Waals surface area contributed by atoms with Crippen LogP contribution in [0.1, 0.15) is 12.5 Å². The molecule has 0 heterocycles. The third-order valence-electron chi connectivity index (χ3n) is 4.42. The van der Waals surface area contributed by atoms with E-state index < -0.39 is 17.6 Å². The van der Waals surface area contributed by atoms with E-state index in [4.69, 9.17) is 4.74 Å². The van der Waals surface area contributed by atoms with E-state index in [1.807, 2.05) is 7.05 Å². The van der Waals surface area contributed by atoms with Crippen molar-refractivity contribution in [1.82, 2.24) is 0 Å². The van der Waals surface area contributed by atoms with Gasteiger partial charge in [0.2, 0.25) is 0 Å². The summed E-state index contributed by atoms with van der Waals surface area (Å²) in [5.74, 6) is -0.0446. The van der Waals surface area contributed by atoms with Crippen LogP contribution in [-0.2, 0) is 11.3 Å². The first-order chi connectivity index (χ1) is 13.7. The van der Waals surface area contributed by atoms with Crippen molar-refractivity contribution >= 4 is 17.3 Å². The summed E-state index contributed by atoms with van der Waals surface area (Å²) in [7, 11) is 3.18. The van der Waals surface area contributed by atoms with Crippen molar-refractivity contribution in [2.45, 2.75) is 26.1 Å². The van der Waals surface area contributed by atoms with Gasteiger partial charge >= 0.3 is 6.61 Å². The van der Waals surface area contributed by atoms with E-state index in [1.165, 1.54) is 37.4 Å². The number of nitro benzene ring substituents is 1. The number of hydrogen-bond acceptors (Lipinski definition) is 5. The number of hydrogen-bond donors (Lipinski definition) is 2. The molecule has 0 aliphatic rings. The van der Waals surface area contributed by atoms with Crippen molar-refractivity contribution < 1.29 is 32.9 Å². The maximum Gasteiger partial charge on any atom is 0.387 e. The van der Waals surface area contributed by atoms with Crippen LogP contribution < -0.4 is 19.7 Å². The lowest BCUT2D eigenvalue weighted by molar-refractivity contribution is -0.907. The van der Waals surface area contributed by atoms with Crippen LogP contribution in [0.25, 0.3) is 0 Å². The first-order valence-electron chi connectivity index (χ1n) is 8.70. The lowest BCUT2D eigenvalue weighted by Gasteiger charge is -2.21. The van der Waals surface area contributed by atoms with Crippen LogP contribution in [0.4, 0.5) is 20.2 Å². The smallest absolute Gasteiger partial charge is 0.387 e. The quantitative estimate of drug-likeness (QED) is 0.488. The van der Waals surface area contributed by atoms with Crippen molar-refractivity contribution in [2.75, 3.05) is 19.5 Å². The molecule has 0 saturated heterocycles. The molecule has 29 heavy (non-hydrogen) atoms. The summed E-state index contributed by atoms with van der Waals surface area (Å²) in [4.78, 5) is 23.7. The molecular formula is C19H22F2N3O5+. The van der Waals surface area contributed by atoms with Gasteiger partial charge in [-0.05, 0) is 37.3 Å². The Kier molecular flexibility index (Phi) is 7.43. The molecule has 0 spiro atoms. The first-order valence-corrected chi connectivity index (χ1v) is 8.70. The van der Waals surface area contributed by atoms with Gasteiger partial charge in [-0.3, -0.25) is 14.9 Å². The molecule has 8 nitrogen and oxygen atoms in total. The SMILES string of the molecule is COc1cc([N+](=O)[O-])ccc1NC(=O)[C@@H](C)[NH+](C)Cc1ccc(OC(F)F)cc1. The Hall–Kier alpha value is -3.27. The van der Waals surface area contributed by atoms with Crippen LogP contribution in [0.2, 0.25) is 0 Å². The number of nitro groups is 1. The number of carbonyl (C=O) groups excluding carboxylic acids is 1. The van der Waals surface area contributed by atoms with E-state index in [0.29, 0.717) is 12.2 Å². The fourth-order valence-electron chi connectivity index (χ4n) is 2.63. The number of quaternary nitrogens is 1. The number of anilines is 1. The molecule has 2 rings (SSSR count). The Morgan fingerprint density at radius 3 is 2.45 bits per heavy atom. The maximum absolute atomic E-state index is 12.6. The molecule has 0 aliphatic carbocycles. The summed E-state index contributed by atoms with van der Waals surface area (Å²) >= 11 is 0. The number of benzene rings is 2. The van der Waals surface area contributed by atoms with Crippen LogP contribution in [0.15, 0.2) is 42.5 Å². The van der Waals surface area contributed by atoms with Gasteiger partial charge in [-0.15, -0.1) is 0 Å². The van der Waals surface area contributed by atoms with E-state index in [1.54, 1.807) is 19.1 Å². The minimum absolute atomic E-state index is 0.0671. The number of rotatable bonds is 9. The van der Waals surface area contributed by atoms with E-state index >= 15 is 0 Å². The number of ether oxygens (including phenoxy) is 2. The largest absolute Gasteiger partial charge is 0.494 e. The average Bonchev–Trinajstić information content (AvgIpc) is 2.68. The van der Waals surface area contributed by atoms with Gasteiger partial charge in [0.05, 0.1) is 30.8 Å². The number of halogens is 2. The molecule has 0 saturated carbocycles. The highest BCUT2D eigenvalue weighted by Crippen LogP contribution is 2.29. The first kappa shape index (κ1) is 22.0. The van der Waals surface area contributed by atoms with Crippen molar-refractivity contribution in [2.24, 2.45) is 0 Å². The Balaban J connectivity index is 2.01. The second-order valence-corrected chi connectivity index (χ2v) is 6.40. The van der Waals surface area contributed by atoms with Crippen LogP contribution in [0.3, 0.4) is 0 Å². The van der Waals surface area contributed by atoms with Crippen molar-refractivity contribution in [3.05, 3.63) is 58.1 Å². The molecule has 0 bridgehead atoms. The minimum atomic E-state index is -2.88. The predicted octanol–water partition coefficient (Wildman–Crippen LogP) is 2.25. The summed E-state index contributed by atoms with van der Waals surface area (Å²) in [5, 5.41) is 13.6. The molecule has 0 aliphatic heterocycles. The summed E-state index contributed by atoms with van der Waals surface area (Å²) in [5.41, 5.74) is 1.03. The van der Waals surface area contributed by atoms with Gasteiger partial charge in [0.25, 0.3) is 11.6 Å². The number of nitrogens with one attached hydrogen (secondary N) is 2. The average molecular weight is 410 g/mol. The van der Waals surface area contributed by atoms with E-state index in [0.717, 1.165) is 10.5 Å². The van der Waals surface area contributed by atoms with Crippen LogP contribution >= 0.6 is 0 Å². The predicted molar refractivity (Wildman–Crippen MR) is 101 cm³/mol. The number of carbonyl (C=O) groups is 1. The highest BCUT2D eigenvalue weighted by molar-refractivity contribution is 5.95. The molecule has 10 heteroatoms. The zero-order valence-corrected chi connectivity index (χ0v) is 16.1. The Labute approximate surface area is 166 Å². The van der Waals surface area contributed by atoms with Crippen molar-refractivity contribution in [3.63, 3.8) is 0 Å². The Morgan fingerprint density at radius 1 is 1.24 bits per heavy atom. The van der Waals surface area contributed by atoms with Gasteiger partial charge in [0.15, 0.2) is 6.04 Å². The highest BCUT2D eigenvalue weighted by Gasteiger charge is 2.24. The van der Waals surface area contributed by atoms with Crippen molar-refractivity contribution in [3.8, 4) is 11.5 Å². The Morgan fingerprint density at radius 2 is 1.90 bits per heavy atom. The third kappa shape index (κ3) is 6.11. The molecule has 1 amide bonds. The minimum Gasteiger partial charge on any atom is -0.494 e. The van der Waals surface area contributed by atoms with Crippen molar-refractivity contribution in [1.29, 1.82) is 0 Å². The van der Waals surface area contributed by atoms with E-state index in [-0.39, 0.29) is 23.1 Å². The monoisotopic (exact) mass is 410 g/mol. The standard InChI is InChI=1S/C19H21F2N3O5/c1-12(23(2)11-13-4-7-15(8-5-13)29-19(20)21)18(25)22-16-9-6-14(24(26)27)10-17(16)28-3/h4-10,12,19H,11H2,1-3H3,(H,22,25)/p+1/t12-/m1/s1. The van der Waals surface area contributed by atoms with Gasteiger partial charge in [0, 0.05) is 11.6 Å². The summed E-state index contributed by atoms with van der Waals surface area (Å²) in [6.45, 7) is -0.674. The van der Waals surface area contributed by atoms with Gasteiger partial charge in [-0.2, -0.15) is 8.78 Å². The van der Waals surface area contributed by atoms with Crippen LogP contribution in [0, 0.1) is 10.1 Å². The number of methoxy groups -OCH3 is 1. The lowest BCUT2D eigenvalue weighted by atomic mass is 10.1. The molecular weight excluding hydrogens is 388 g/mol. The zero-order valence-electron chi connectivity index (χ0n) is 16.1. The molecule has 0 radical (unpaired) electrons. The number of amides is 1. The third-order valence-corrected chi connectivity index (χ3v) is 4.42. The zero-order chi connectivity index (χ0) is 21.6. The van der Waals surface area contributed by atoms with Gasteiger partial charge in [-0.1, -0.05) is 0 Å². The highest BCUT2D eigenvalue weighted by atomic mass is 19.3. The second kappa shape index (κ2) is 9.78. The lowest BCUT2D eigenvalue weighted by Crippen LogP contribution is -3.12. The number of non-ortho nitro benzene ring substituents is 1. The molecule has 0 fully saturated rings.